The number of anilines is 1. The van der Waals surface area contributed by atoms with Crippen molar-refractivity contribution in [3.05, 3.63) is 29.8 Å². The van der Waals surface area contributed by atoms with Crippen LogP contribution in [0.15, 0.2) is 24.3 Å². The standard InChI is InChI=1S/C12H15NO2/c14-9-10-1-3-11(4-2-10)13-12-5-7-15-8-6-12/h1-4,9,12-13H,5-8H2. The number of hydrogen-bond donors (Lipinski definition) is 1. The minimum absolute atomic E-state index is 0.501. The summed E-state index contributed by atoms with van der Waals surface area (Å²) in [5.74, 6) is 0. The van der Waals surface area contributed by atoms with Crippen LogP contribution in [0.3, 0.4) is 0 Å². The van der Waals surface area contributed by atoms with E-state index in [1.54, 1.807) is 0 Å². The molecule has 1 aromatic rings. The number of carbonyl (C=O) groups is 1. The van der Waals surface area contributed by atoms with E-state index in [1.165, 1.54) is 0 Å². The maximum absolute atomic E-state index is 10.5. The Kier molecular flexibility index (Phi) is 3.35. The van der Waals surface area contributed by atoms with Gasteiger partial charge in [-0.25, -0.2) is 0 Å². The molecule has 0 atom stereocenters. The minimum atomic E-state index is 0.501. The number of nitrogens with one attached hydrogen (secondary N) is 1. The van der Waals surface area contributed by atoms with Crippen molar-refractivity contribution < 1.29 is 9.53 Å². The highest BCUT2D eigenvalue weighted by Gasteiger charge is 2.12. The SMILES string of the molecule is O=Cc1ccc(NC2CCOCC2)cc1. The predicted molar refractivity (Wildman–Crippen MR) is 59.3 cm³/mol. The summed E-state index contributed by atoms with van der Waals surface area (Å²) in [6.45, 7) is 1.67. The van der Waals surface area contributed by atoms with Crippen LogP contribution in [0.4, 0.5) is 5.69 Å². The number of hydrogen-bond acceptors (Lipinski definition) is 3. The van der Waals surface area contributed by atoms with Crippen LogP contribution in [0.2, 0.25) is 0 Å². The quantitative estimate of drug-likeness (QED) is 0.768. The van der Waals surface area contributed by atoms with Gasteiger partial charge in [-0.3, -0.25) is 4.79 Å². The molecule has 15 heavy (non-hydrogen) atoms. The molecule has 0 saturated carbocycles. The Labute approximate surface area is 89.4 Å². The van der Waals surface area contributed by atoms with Gasteiger partial charge >= 0.3 is 0 Å². The lowest BCUT2D eigenvalue weighted by Gasteiger charge is -2.24. The van der Waals surface area contributed by atoms with Crippen LogP contribution in [0.5, 0.6) is 0 Å². The molecule has 1 aromatic carbocycles. The molecule has 1 saturated heterocycles. The average Bonchev–Trinajstić information content (AvgIpc) is 2.31. The van der Waals surface area contributed by atoms with Crippen molar-refractivity contribution in [1.82, 2.24) is 0 Å². The van der Waals surface area contributed by atoms with Crippen molar-refractivity contribution in [1.29, 1.82) is 0 Å². The molecule has 1 aliphatic heterocycles. The van der Waals surface area contributed by atoms with Gasteiger partial charge < -0.3 is 10.1 Å². The Hall–Kier alpha value is -1.35. The number of carbonyl (C=O) groups excluding carboxylic acids is 1. The summed E-state index contributed by atoms with van der Waals surface area (Å²) in [5.41, 5.74) is 1.79. The number of ether oxygens (including phenoxy) is 1. The van der Waals surface area contributed by atoms with E-state index in [4.69, 9.17) is 4.74 Å². The van der Waals surface area contributed by atoms with Crippen LogP contribution in [0, 0.1) is 0 Å². The summed E-state index contributed by atoms with van der Waals surface area (Å²) in [4.78, 5) is 10.5. The van der Waals surface area contributed by atoms with Gasteiger partial charge in [-0.2, -0.15) is 0 Å². The number of aldehydes is 1. The summed E-state index contributed by atoms with van der Waals surface area (Å²) < 4.78 is 5.29. The zero-order valence-electron chi connectivity index (χ0n) is 8.61. The molecule has 1 fully saturated rings. The van der Waals surface area contributed by atoms with Crippen LogP contribution in [-0.2, 0) is 4.74 Å². The molecule has 0 spiro atoms. The fourth-order valence-corrected chi connectivity index (χ4v) is 1.74. The lowest BCUT2D eigenvalue weighted by Crippen LogP contribution is -2.27. The van der Waals surface area contributed by atoms with Gasteiger partial charge in [0.05, 0.1) is 0 Å². The van der Waals surface area contributed by atoms with Crippen molar-refractivity contribution in [3.8, 4) is 0 Å². The Morgan fingerprint density at radius 2 is 1.87 bits per heavy atom. The Balaban J connectivity index is 1.94. The summed E-state index contributed by atoms with van der Waals surface area (Å²) >= 11 is 0. The number of benzene rings is 1. The molecule has 1 heterocycles. The maximum atomic E-state index is 10.5. The van der Waals surface area contributed by atoms with E-state index in [0.29, 0.717) is 11.6 Å². The van der Waals surface area contributed by atoms with E-state index in [1.807, 2.05) is 24.3 Å². The zero-order chi connectivity index (χ0) is 10.5. The second-order valence-electron chi connectivity index (χ2n) is 3.77. The van der Waals surface area contributed by atoms with Gasteiger partial charge in [-0.05, 0) is 37.1 Å². The largest absolute Gasteiger partial charge is 0.382 e. The first-order valence-corrected chi connectivity index (χ1v) is 5.28. The molecule has 80 valence electrons. The molecule has 3 heteroatoms. The molecule has 3 nitrogen and oxygen atoms in total. The normalized spacial score (nSPS) is 17.3. The Morgan fingerprint density at radius 1 is 1.20 bits per heavy atom. The third-order valence-electron chi connectivity index (χ3n) is 2.64. The van der Waals surface area contributed by atoms with E-state index in [0.717, 1.165) is 38.0 Å². The second-order valence-corrected chi connectivity index (χ2v) is 3.77. The van der Waals surface area contributed by atoms with Crippen molar-refractivity contribution >= 4 is 12.0 Å². The molecule has 2 rings (SSSR count). The first-order valence-electron chi connectivity index (χ1n) is 5.28. The fraction of sp³-hybridized carbons (Fsp3) is 0.417. The molecular formula is C12H15NO2. The van der Waals surface area contributed by atoms with E-state index in [2.05, 4.69) is 5.32 Å². The van der Waals surface area contributed by atoms with Crippen molar-refractivity contribution in [2.24, 2.45) is 0 Å². The summed E-state index contributed by atoms with van der Waals surface area (Å²) in [6, 6.07) is 8.04. The smallest absolute Gasteiger partial charge is 0.150 e. The van der Waals surface area contributed by atoms with Crippen molar-refractivity contribution in [2.45, 2.75) is 18.9 Å². The second kappa shape index (κ2) is 4.94. The van der Waals surface area contributed by atoms with E-state index >= 15 is 0 Å². The van der Waals surface area contributed by atoms with Gasteiger partial charge in [-0.15, -0.1) is 0 Å². The Morgan fingerprint density at radius 3 is 2.47 bits per heavy atom. The van der Waals surface area contributed by atoms with Gasteiger partial charge in [0.25, 0.3) is 0 Å². The highest BCUT2D eigenvalue weighted by atomic mass is 16.5. The van der Waals surface area contributed by atoms with Gasteiger partial charge in [-0.1, -0.05) is 0 Å². The van der Waals surface area contributed by atoms with Gasteiger partial charge in [0.15, 0.2) is 0 Å². The highest BCUT2D eigenvalue weighted by Crippen LogP contribution is 2.15. The van der Waals surface area contributed by atoms with Crippen LogP contribution >= 0.6 is 0 Å². The van der Waals surface area contributed by atoms with Crippen LogP contribution in [0.1, 0.15) is 23.2 Å². The molecule has 0 unspecified atom stereocenters. The van der Waals surface area contributed by atoms with E-state index in [9.17, 15) is 4.79 Å². The average molecular weight is 205 g/mol. The van der Waals surface area contributed by atoms with Crippen molar-refractivity contribution in [3.63, 3.8) is 0 Å². The molecule has 0 aromatic heterocycles. The molecule has 1 N–H and O–H groups in total. The molecule has 0 amide bonds. The Bertz CT molecular complexity index is 315. The summed E-state index contributed by atoms with van der Waals surface area (Å²) in [7, 11) is 0. The molecule has 0 bridgehead atoms. The lowest BCUT2D eigenvalue weighted by atomic mass is 10.1. The summed E-state index contributed by atoms with van der Waals surface area (Å²) in [5, 5.41) is 3.44. The molecule has 0 aliphatic carbocycles. The van der Waals surface area contributed by atoms with E-state index < -0.39 is 0 Å². The monoisotopic (exact) mass is 205 g/mol. The van der Waals surface area contributed by atoms with Crippen LogP contribution in [0.25, 0.3) is 0 Å². The minimum Gasteiger partial charge on any atom is -0.382 e. The summed E-state index contributed by atoms with van der Waals surface area (Å²) in [6.07, 6.45) is 2.96. The van der Waals surface area contributed by atoms with Gasteiger partial charge in [0.2, 0.25) is 0 Å². The van der Waals surface area contributed by atoms with Crippen LogP contribution < -0.4 is 5.32 Å². The van der Waals surface area contributed by atoms with Gasteiger partial charge in [0, 0.05) is 30.5 Å². The lowest BCUT2D eigenvalue weighted by molar-refractivity contribution is 0.0904. The third kappa shape index (κ3) is 2.80. The maximum Gasteiger partial charge on any atom is 0.150 e. The fourth-order valence-electron chi connectivity index (χ4n) is 1.74. The van der Waals surface area contributed by atoms with Gasteiger partial charge in [0.1, 0.15) is 6.29 Å². The first-order chi connectivity index (χ1) is 7.38. The predicted octanol–water partition coefficient (Wildman–Crippen LogP) is 2.09. The van der Waals surface area contributed by atoms with E-state index in [-0.39, 0.29) is 0 Å². The first kappa shape index (κ1) is 10.2. The molecule has 0 radical (unpaired) electrons. The highest BCUT2D eigenvalue weighted by molar-refractivity contribution is 5.75. The van der Waals surface area contributed by atoms with Crippen molar-refractivity contribution in [2.75, 3.05) is 18.5 Å². The molecular weight excluding hydrogens is 190 g/mol. The molecule has 1 aliphatic rings. The topological polar surface area (TPSA) is 38.3 Å². The third-order valence-corrected chi connectivity index (χ3v) is 2.64. The van der Waals surface area contributed by atoms with Crippen LogP contribution in [-0.4, -0.2) is 25.5 Å². The zero-order valence-corrected chi connectivity index (χ0v) is 8.61. The number of rotatable bonds is 3.